The maximum atomic E-state index is 9.78. The largest absolute Gasteiger partial charge is 0.392 e. The van der Waals surface area contributed by atoms with Gasteiger partial charge in [-0.1, -0.05) is 12.8 Å². The van der Waals surface area contributed by atoms with Crippen LogP contribution in [0.5, 0.6) is 0 Å². The Balaban J connectivity index is 1.81. The van der Waals surface area contributed by atoms with Crippen molar-refractivity contribution >= 4 is 0 Å². The van der Waals surface area contributed by atoms with Crippen molar-refractivity contribution in [3.8, 4) is 0 Å². The van der Waals surface area contributed by atoms with Crippen LogP contribution in [0.2, 0.25) is 0 Å². The van der Waals surface area contributed by atoms with Gasteiger partial charge in [0.1, 0.15) is 0 Å². The molecule has 0 amide bonds. The van der Waals surface area contributed by atoms with Crippen molar-refractivity contribution < 1.29 is 5.11 Å². The lowest BCUT2D eigenvalue weighted by molar-refractivity contribution is 0.0902. The van der Waals surface area contributed by atoms with E-state index >= 15 is 0 Å². The summed E-state index contributed by atoms with van der Waals surface area (Å²) in [6.45, 7) is 0.864. The van der Waals surface area contributed by atoms with Crippen molar-refractivity contribution in [3.63, 3.8) is 0 Å². The van der Waals surface area contributed by atoms with Crippen molar-refractivity contribution in [1.82, 2.24) is 9.88 Å². The molecule has 1 fully saturated rings. The van der Waals surface area contributed by atoms with Crippen LogP contribution in [0, 0.1) is 0 Å². The van der Waals surface area contributed by atoms with Gasteiger partial charge in [0.05, 0.1) is 6.10 Å². The fourth-order valence-electron chi connectivity index (χ4n) is 2.26. The minimum Gasteiger partial charge on any atom is -0.392 e. The summed E-state index contributed by atoms with van der Waals surface area (Å²) in [5, 5.41) is 13.2. The molecule has 1 heterocycles. The zero-order valence-electron chi connectivity index (χ0n) is 9.32. The fourth-order valence-corrected chi connectivity index (χ4v) is 2.26. The number of aliphatic hydroxyl groups is 1. The molecule has 15 heavy (non-hydrogen) atoms. The predicted molar refractivity (Wildman–Crippen MR) is 60.5 cm³/mol. The van der Waals surface area contributed by atoms with E-state index in [1.54, 1.807) is 0 Å². The smallest absolute Gasteiger partial charge is 0.0693 e. The van der Waals surface area contributed by atoms with E-state index in [2.05, 4.69) is 17.6 Å². The molecular weight excluding hydrogens is 188 g/mol. The maximum Gasteiger partial charge on any atom is 0.0693 e. The third-order valence-electron chi connectivity index (χ3n) is 3.19. The van der Waals surface area contributed by atoms with Gasteiger partial charge in [-0.25, -0.2) is 0 Å². The molecule has 0 saturated heterocycles. The molecule has 3 heteroatoms. The molecule has 3 nitrogen and oxygen atoms in total. The van der Waals surface area contributed by atoms with Gasteiger partial charge in [-0.2, -0.15) is 0 Å². The Kier molecular flexibility index (Phi) is 3.44. The summed E-state index contributed by atoms with van der Waals surface area (Å²) in [7, 11) is 2.03. The zero-order chi connectivity index (χ0) is 10.7. The minimum absolute atomic E-state index is 0.150. The van der Waals surface area contributed by atoms with Gasteiger partial charge < -0.3 is 15.0 Å². The van der Waals surface area contributed by atoms with Crippen molar-refractivity contribution in [1.29, 1.82) is 0 Å². The van der Waals surface area contributed by atoms with Crippen LogP contribution in [0.1, 0.15) is 31.2 Å². The molecule has 0 radical (unpaired) electrons. The average Bonchev–Trinajstić information content (AvgIpc) is 2.63. The second kappa shape index (κ2) is 4.81. The van der Waals surface area contributed by atoms with Gasteiger partial charge >= 0.3 is 0 Å². The van der Waals surface area contributed by atoms with Crippen molar-refractivity contribution in [2.75, 3.05) is 0 Å². The molecule has 0 bridgehead atoms. The van der Waals surface area contributed by atoms with E-state index in [-0.39, 0.29) is 6.10 Å². The van der Waals surface area contributed by atoms with Crippen molar-refractivity contribution in [3.05, 3.63) is 24.0 Å². The Morgan fingerprint density at radius 3 is 2.93 bits per heavy atom. The summed E-state index contributed by atoms with van der Waals surface area (Å²) in [5.74, 6) is 0. The summed E-state index contributed by atoms with van der Waals surface area (Å²) >= 11 is 0. The summed E-state index contributed by atoms with van der Waals surface area (Å²) < 4.78 is 2.05. The molecule has 0 aliphatic heterocycles. The summed E-state index contributed by atoms with van der Waals surface area (Å²) in [6.07, 6.45) is 8.48. The lowest BCUT2D eigenvalue weighted by atomic mass is 9.92. The van der Waals surface area contributed by atoms with E-state index in [0.717, 1.165) is 19.4 Å². The van der Waals surface area contributed by atoms with E-state index in [0.29, 0.717) is 6.04 Å². The normalized spacial score (nSPS) is 26.8. The number of rotatable bonds is 3. The first-order chi connectivity index (χ1) is 7.25. The number of nitrogens with one attached hydrogen (secondary N) is 1. The van der Waals surface area contributed by atoms with E-state index in [1.165, 1.54) is 18.4 Å². The van der Waals surface area contributed by atoms with E-state index < -0.39 is 0 Å². The number of hydrogen-bond acceptors (Lipinski definition) is 2. The van der Waals surface area contributed by atoms with Crippen LogP contribution in [-0.2, 0) is 13.6 Å². The van der Waals surface area contributed by atoms with Crippen LogP contribution in [0.3, 0.4) is 0 Å². The zero-order valence-corrected chi connectivity index (χ0v) is 9.32. The molecule has 1 aliphatic carbocycles. The van der Waals surface area contributed by atoms with Gasteiger partial charge in [0.25, 0.3) is 0 Å². The van der Waals surface area contributed by atoms with Gasteiger partial charge in [-0.3, -0.25) is 0 Å². The van der Waals surface area contributed by atoms with E-state index in [9.17, 15) is 5.11 Å². The van der Waals surface area contributed by atoms with Crippen LogP contribution < -0.4 is 5.32 Å². The first-order valence-electron chi connectivity index (χ1n) is 5.78. The SMILES string of the molecule is Cn1ccc(CNC2CCCCC2O)c1. The summed E-state index contributed by atoms with van der Waals surface area (Å²) in [4.78, 5) is 0. The minimum atomic E-state index is -0.150. The van der Waals surface area contributed by atoms with Crippen LogP contribution in [0.25, 0.3) is 0 Å². The molecule has 2 atom stereocenters. The van der Waals surface area contributed by atoms with Gasteiger partial charge in [0, 0.05) is 32.0 Å². The number of aliphatic hydroxyl groups excluding tert-OH is 1. The molecule has 2 N–H and O–H groups in total. The first kappa shape index (κ1) is 10.7. The van der Waals surface area contributed by atoms with Crippen LogP contribution in [-0.4, -0.2) is 21.8 Å². The molecule has 1 saturated carbocycles. The molecule has 0 aromatic carbocycles. The second-order valence-corrected chi connectivity index (χ2v) is 4.52. The molecule has 1 aromatic rings. The monoisotopic (exact) mass is 208 g/mol. The van der Waals surface area contributed by atoms with Crippen molar-refractivity contribution in [2.45, 2.75) is 44.4 Å². The van der Waals surface area contributed by atoms with Crippen molar-refractivity contribution in [2.24, 2.45) is 7.05 Å². The quantitative estimate of drug-likeness (QED) is 0.788. The molecular formula is C12H20N2O. The van der Waals surface area contributed by atoms with E-state index in [4.69, 9.17) is 0 Å². The summed E-state index contributed by atoms with van der Waals surface area (Å²) in [6, 6.07) is 2.40. The lowest BCUT2D eigenvalue weighted by Gasteiger charge is -2.28. The molecule has 84 valence electrons. The van der Waals surface area contributed by atoms with Crippen LogP contribution >= 0.6 is 0 Å². The number of aromatic nitrogens is 1. The van der Waals surface area contributed by atoms with E-state index in [1.807, 2.05) is 17.8 Å². The Morgan fingerprint density at radius 1 is 1.47 bits per heavy atom. The Morgan fingerprint density at radius 2 is 2.27 bits per heavy atom. The topological polar surface area (TPSA) is 37.2 Å². The number of nitrogens with zero attached hydrogens (tertiary/aromatic N) is 1. The Bertz CT molecular complexity index is 308. The first-order valence-corrected chi connectivity index (χ1v) is 5.78. The van der Waals surface area contributed by atoms with Crippen LogP contribution in [0.15, 0.2) is 18.5 Å². The number of aryl methyl sites for hydroxylation is 1. The molecule has 2 unspecified atom stereocenters. The third-order valence-corrected chi connectivity index (χ3v) is 3.19. The highest BCUT2D eigenvalue weighted by Crippen LogP contribution is 2.18. The van der Waals surface area contributed by atoms with Gasteiger partial charge in [-0.05, 0) is 24.5 Å². The fraction of sp³-hybridized carbons (Fsp3) is 0.667. The third kappa shape index (κ3) is 2.83. The highest BCUT2D eigenvalue weighted by molar-refractivity contribution is 5.09. The van der Waals surface area contributed by atoms with Gasteiger partial charge in [0.15, 0.2) is 0 Å². The molecule has 1 aliphatic rings. The Hall–Kier alpha value is -0.800. The second-order valence-electron chi connectivity index (χ2n) is 4.52. The van der Waals surface area contributed by atoms with Crippen LogP contribution in [0.4, 0.5) is 0 Å². The molecule has 1 aromatic heterocycles. The standard InChI is InChI=1S/C12H20N2O/c1-14-7-6-10(9-14)8-13-11-4-2-3-5-12(11)15/h6-7,9,11-13,15H,2-5,8H2,1H3. The lowest BCUT2D eigenvalue weighted by Crippen LogP contribution is -2.41. The highest BCUT2D eigenvalue weighted by atomic mass is 16.3. The number of hydrogen-bond donors (Lipinski definition) is 2. The average molecular weight is 208 g/mol. The highest BCUT2D eigenvalue weighted by Gasteiger charge is 2.21. The molecule has 2 rings (SSSR count). The summed E-state index contributed by atoms with van der Waals surface area (Å²) in [5.41, 5.74) is 1.29. The van der Waals surface area contributed by atoms with Gasteiger partial charge in [0.2, 0.25) is 0 Å². The molecule has 0 spiro atoms. The predicted octanol–water partition coefficient (Wildman–Crippen LogP) is 1.42. The Labute approximate surface area is 91.1 Å². The maximum absolute atomic E-state index is 9.78. The van der Waals surface area contributed by atoms with Gasteiger partial charge in [-0.15, -0.1) is 0 Å².